The van der Waals surface area contributed by atoms with E-state index < -0.39 is 6.10 Å². The van der Waals surface area contributed by atoms with E-state index in [1.807, 2.05) is 24.3 Å². The lowest BCUT2D eigenvalue weighted by molar-refractivity contribution is 0.0804. The van der Waals surface area contributed by atoms with Crippen LogP contribution in [0.5, 0.6) is 5.75 Å². The summed E-state index contributed by atoms with van der Waals surface area (Å²) in [5.74, 6) is 0.796. The summed E-state index contributed by atoms with van der Waals surface area (Å²) in [5.41, 5.74) is 0.924. The van der Waals surface area contributed by atoms with E-state index in [2.05, 4.69) is 16.8 Å². The highest BCUT2D eigenvalue weighted by Crippen LogP contribution is 2.20. The Morgan fingerprint density at radius 1 is 1.28 bits per heavy atom. The molecule has 0 aromatic heterocycles. The van der Waals surface area contributed by atoms with Crippen LogP contribution < -0.4 is 4.74 Å². The molecule has 100 valence electrons. The van der Waals surface area contributed by atoms with Crippen LogP contribution >= 0.6 is 0 Å². The zero-order valence-corrected chi connectivity index (χ0v) is 11.2. The van der Waals surface area contributed by atoms with Gasteiger partial charge in [-0.3, -0.25) is 4.90 Å². The van der Waals surface area contributed by atoms with Crippen molar-refractivity contribution in [2.24, 2.45) is 0 Å². The van der Waals surface area contributed by atoms with Crippen LogP contribution in [0, 0.1) is 0 Å². The third-order valence-corrected chi connectivity index (χ3v) is 3.51. The van der Waals surface area contributed by atoms with E-state index >= 15 is 0 Å². The molecule has 0 spiro atoms. The lowest BCUT2D eigenvalue weighted by Gasteiger charge is -2.33. The lowest BCUT2D eigenvalue weighted by atomic mass is 10.1. The fourth-order valence-corrected chi connectivity index (χ4v) is 2.23. The average Bonchev–Trinajstić information content (AvgIpc) is 2.41. The van der Waals surface area contributed by atoms with Crippen molar-refractivity contribution >= 4 is 0 Å². The number of aliphatic hydroxyl groups excluding tert-OH is 1. The van der Waals surface area contributed by atoms with Gasteiger partial charge in [0.1, 0.15) is 5.75 Å². The summed E-state index contributed by atoms with van der Waals surface area (Å²) in [7, 11) is 3.78. The van der Waals surface area contributed by atoms with Gasteiger partial charge in [-0.1, -0.05) is 12.1 Å². The molecule has 2 rings (SSSR count). The molecule has 1 aromatic rings. The number of β-amino-alcohol motifs (C(OH)–C–C–N with tert-alkyl or cyclic N) is 1. The van der Waals surface area contributed by atoms with Crippen molar-refractivity contribution in [3.05, 3.63) is 29.8 Å². The molecule has 0 bridgehead atoms. The number of piperazine rings is 1. The predicted molar refractivity (Wildman–Crippen MR) is 71.9 cm³/mol. The highest BCUT2D eigenvalue weighted by molar-refractivity contribution is 5.29. The molecule has 0 saturated carbocycles. The highest BCUT2D eigenvalue weighted by atomic mass is 16.5. The van der Waals surface area contributed by atoms with Crippen LogP contribution in [0.25, 0.3) is 0 Å². The van der Waals surface area contributed by atoms with Gasteiger partial charge in [-0.2, -0.15) is 0 Å². The molecule has 1 aliphatic rings. The van der Waals surface area contributed by atoms with Gasteiger partial charge >= 0.3 is 0 Å². The second-order valence-corrected chi connectivity index (χ2v) is 4.90. The van der Waals surface area contributed by atoms with Crippen molar-refractivity contribution < 1.29 is 9.84 Å². The predicted octanol–water partition coefficient (Wildman–Crippen LogP) is 0.976. The molecule has 1 heterocycles. The van der Waals surface area contributed by atoms with E-state index in [1.165, 1.54) is 0 Å². The Labute approximate surface area is 109 Å². The Hall–Kier alpha value is -1.10. The van der Waals surface area contributed by atoms with Crippen LogP contribution in [0.4, 0.5) is 0 Å². The number of likely N-dealkylation sites (N-methyl/N-ethyl adjacent to an activating group) is 1. The number of hydrogen-bond acceptors (Lipinski definition) is 4. The zero-order chi connectivity index (χ0) is 13.0. The summed E-state index contributed by atoms with van der Waals surface area (Å²) in [6.45, 7) is 4.89. The maximum Gasteiger partial charge on any atom is 0.119 e. The number of aliphatic hydroxyl groups is 1. The molecule has 0 unspecified atom stereocenters. The molecule has 18 heavy (non-hydrogen) atoms. The molecular formula is C14H22N2O2. The van der Waals surface area contributed by atoms with Crippen LogP contribution in [0.15, 0.2) is 24.3 Å². The van der Waals surface area contributed by atoms with E-state index in [1.54, 1.807) is 7.11 Å². The zero-order valence-electron chi connectivity index (χ0n) is 11.2. The number of rotatable bonds is 4. The molecule has 0 aliphatic carbocycles. The molecule has 1 saturated heterocycles. The van der Waals surface area contributed by atoms with Crippen molar-refractivity contribution in [3.63, 3.8) is 0 Å². The fraction of sp³-hybridized carbons (Fsp3) is 0.571. The summed E-state index contributed by atoms with van der Waals surface area (Å²) in [6, 6.07) is 7.66. The van der Waals surface area contributed by atoms with E-state index in [9.17, 15) is 5.11 Å². The minimum Gasteiger partial charge on any atom is -0.497 e. The lowest BCUT2D eigenvalue weighted by Crippen LogP contribution is -2.45. The van der Waals surface area contributed by atoms with Gasteiger partial charge in [-0.25, -0.2) is 0 Å². The smallest absolute Gasteiger partial charge is 0.119 e. The van der Waals surface area contributed by atoms with E-state index in [0.717, 1.165) is 37.5 Å². The maximum atomic E-state index is 10.2. The summed E-state index contributed by atoms with van der Waals surface area (Å²) in [6.07, 6.45) is -0.441. The minimum atomic E-state index is -0.441. The van der Waals surface area contributed by atoms with Crippen molar-refractivity contribution in [2.45, 2.75) is 6.10 Å². The Bertz CT molecular complexity index is 376. The number of methoxy groups -OCH3 is 1. The van der Waals surface area contributed by atoms with Crippen LogP contribution in [0.1, 0.15) is 11.7 Å². The molecule has 1 aliphatic heterocycles. The molecular weight excluding hydrogens is 228 g/mol. The Balaban J connectivity index is 1.92. The Kier molecular flexibility index (Phi) is 4.58. The first-order valence-electron chi connectivity index (χ1n) is 6.42. The molecule has 0 radical (unpaired) electrons. The molecule has 1 fully saturated rings. The summed E-state index contributed by atoms with van der Waals surface area (Å²) in [5, 5.41) is 10.2. The van der Waals surface area contributed by atoms with Gasteiger partial charge in [-0.05, 0) is 24.7 Å². The van der Waals surface area contributed by atoms with Crippen molar-refractivity contribution in [1.29, 1.82) is 0 Å². The Morgan fingerprint density at radius 2 is 2.00 bits per heavy atom. The largest absolute Gasteiger partial charge is 0.497 e. The number of benzene rings is 1. The first-order valence-corrected chi connectivity index (χ1v) is 6.42. The van der Waals surface area contributed by atoms with E-state index in [0.29, 0.717) is 6.54 Å². The quantitative estimate of drug-likeness (QED) is 0.864. The number of nitrogens with zero attached hydrogens (tertiary/aromatic N) is 2. The molecule has 1 atom stereocenters. The van der Waals surface area contributed by atoms with Gasteiger partial charge in [0.2, 0.25) is 0 Å². The maximum absolute atomic E-state index is 10.2. The van der Waals surface area contributed by atoms with Gasteiger partial charge in [0, 0.05) is 32.7 Å². The van der Waals surface area contributed by atoms with Crippen molar-refractivity contribution in [1.82, 2.24) is 9.80 Å². The monoisotopic (exact) mass is 250 g/mol. The van der Waals surface area contributed by atoms with Crippen LogP contribution in [0.2, 0.25) is 0 Å². The topological polar surface area (TPSA) is 35.9 Å². The normalized spacial score (nSPS) is 19.7. The molecule has 1 N–H and O–H groups in total. The summed E-state index contributed by atoms with van der Waals surface area (Å²) in [4.78, 5) is 4.62. The van der Waals surface area contributed by atoms with Crippen LogP contribution in [-0.4, -0.2) is 61.8 Å². The van der Waals surface area contributed by atoms with E-state index in [4.69, 9.17) is 4.74 Å². The SMILES string of the molecule is COc1cccc([C@H](O)CN2CCN(C)CC2)c1. The van der Waals surface area contributed by atoms with Gasteiger partial charge in [0.15, 0.2) is 0 Å². The first kappa shape index (κ1) is 13.3. The average molecular weight is 250 g/mol. The Morgan fingerprint density at radius 3 is 2.67 bits per heavy atom. The fourth-order valence-electron chi connectivity index (χ4n) is 2.23. The van der Waals surface area contributed by atoms with Crippen molar-refractivity contribution in [3.8, 4) is 5.75 Å². The summed E-state index contributed by atoms with van der Waals surface area (Å²) < 4.78 is 5.18. The van der Waals surface area contributed by atoms with Crippen LogP contribution in [0.3, 0.4) is 0 Å². The third-order valence-electron chi connectivity index (χ3n) is 3.51. The third kappa shape index (κ3) is 3.45. The highest BCUT2D eigenvalue weighted by Gasteiger charge is 2.18. The second-order valence-electron chi connectivity index (χ2n) is 4.90. The second kappa shape index (κ2) is 6.18. The van der Waals surface area contributed by atoms with E-state index in [-0.39, 0.29) is 0 Å². The van der Waals surface area contributed by atoms with Gasteiger partial charge in [0.05, 0.1) is 13.2 Å². The molecule has 4 heteroatoms. The molecule has 4 nitrogen and oxygen atoms in total. The minimum absolute atomic E-state index is 0.441. The van der Waals surface area contributed by atoms with Crippen molar-refractivity contribution in [2.75, 3.05) is 46.9 Å². The van der Waals surface area contributed by atoms with Gasteiger partial charge < -0.3 is 14.7 Å². The van der Waals surface area contributed by atoms with Gasteiger partial charge in [-0.15, -0.1) is 0 Å². The first-order chi connectivity index (χ1) is 8.69. The molecule has 0 amide bonds. The molecule has 1 aromatic carbocycles. The van der Waals surface area contributed by atoms with Gasteiger partial charge in [0.25, 0.3) is 0 Å². The summed E-state index contributed by atoms with van der Waals surface area (Å²) >= 11 is 0. The number of hydrogen-bond donors (Lipinski definition) is 1. The standard InChI is InChI=1S/C14H22N2O2/c1-15-6-8-16(9-7-15)11-14(17)12-4-3-5-13(10-12)18-2/h3-5,10,14,17H,6-9,11H2,1-2H3/t14-/m1/s1. The van der Waals surface area contributed by atoms with Crippen LogP contribution in [-0.2, 0) is 0 Å². The number of ether oxygens (including phenoxy) is 1.